The number of carbonyl (C=O) groups excluding carboxylic acids is 1. The Morgan fingerprint density at radius 1 is 1.09 bits per heavy atom. The normalized spacial score (nSPS) is 11.0. The Kier molecular flexibility index (Phi) is 4.74. The summed E-state index contributed by atoms with van der Waals surface area (Å²) in [6.45, 7) is 5.06. The Hall–Kier alpha value is -2.76. The van der Waals surface area contributed by atoms with Gasteiger partial charge in [0.1, 0.15) is 11.4 Å². The molecule has 0 aliphatic rings. The second-order valence-electron chi connectivity index (χ2n) is 5.81. The molecular weight excluding hydrogens is 301 g/mol. The van der Waals surface area contributed by atoms with E-state index in [1.54, 1.807) is 20.8 Å². The van der Waals surface area contributed by atoms with Crippen LogP contribution in [0.1, 0.15) is 20.8 Å². The summed E-state index contributed by atoms with van der Waals surface area (Å²) in [5, 5.41) is 0. The molecule has 2 aromatic rings. The van der Waals surface area contributed by atoms with Crippen molar-refractivity contribution >= 4 is 6.16 Å². The SMILES string of the molecule is CC(C)(C)OC(=O)Oc1ccc(-c2cncc(F)c2)ccc1=O. The number of aromatic nitrogens is 1. The summed E-state index contributed by atoms with van der Waals surface area (Å²) in [4.78, 5) is 27.3. The quantitative estimate of drug-likeness (QED) is 0.792. The minimum absolute atomic E-state index is 0.171. The summed E-state index contributed by atoms with van der Waals surface area (Å²) in [7, 11) is 0. The van der Waals surface area contributed by atoms with Crippen LogP contribution < -0.4 is 10.2 Å². The lowest BCUT2D eigenvalue weighted by Gasteiger charge is -2.18. The molecule has 0 aliphatic heterocycles. The average molecular weight is 317 g/mol. The number of hydrogen-bond acceptors (Lipinski definition) is 5. The lowest BCUT2D eigenvalue weighted by Crippen LogP contribution is -2.26. The molecule has 0 atom stereocenters. The predicted octanol–water partition coefficient (Wildman–Crippen LogP) is 3.56. The van der Waals surface area contributed by atoms with Crippen molar-refractivity contribution in [2.45, 2.75) is 26.4 Å². The van der Waals surface area contributed by atoms with E-state index in [-0.39, 0.29) is 5.75 Å². The number of halogens is 1. The number of ether oxygens (including phenoxy) is 2. The van der Waals surface area contributed by atoms with Gasteiger partial charge in [0.15, 0.2) is 5.75 Å². The molecule has 0 unspecified atom stereocenters. The number of pyridine rings is 1. The number of carbonyl (C=O) groups is 1. The van der Waals surface area contributed by atoms with Gasteiger partial charge < -0.3 is 9.47 Å². The molecule has 0 bridgehead atoms. The molecule has 0 saturated heterocycles. The molecule has 0 aliphatic carbocycles. The van der Waals surface area contributed by atoms with Crippen molar-refractivity contribution in [1.29, 1.82) is 0 Å². The van der Waals surface area contributed by atoms with Crippen LogP contribution >= 0.6 is 0 Å². The van der Waals surface area contributed by atoms with E-state index in [2.05, 4.69) is 4.98 Å². The maximum Gasteiger partial charge on any atom is 0.514 e. The van der Waals surface area contributed by atoms with Gasteiger partial charge in [0.2, 0.25) is 5.43 Å². The van der Waals surface area contributed by atoms with Crippen LogP contribution in [0, 0.1) is 5.82 Å². The average Bonchev–Trinajstić information content (AvgIpc) is 2.60. The van der Waals surface area contributed by atoms with Gasteiger partial charge >= 0.3 is 6.16 Å². The molecule has 0 N–H and O–H groups in total. The lowest BCUT2D eigenvalue weighted by molar-refractivity contribution is 0.0204. The second kappa shape index (κ2) is 6.56. The van der Waals surface area contributed by atoms with Crippen LogP contribution in [0.15, 0.2) is 47.5 Å². The van der Waals surface area contributed by atoms with Crippen LogP contribution in [0.3, 0.4) is 0 Å². The molecule has 0 radical (unpaired) electrons. The van der Waals surface area contributed by atoms with Gasteiger partial charge in [-0.3, -0.25) is 9.78 Å². The Balaban J connectivity index is 2.29. The van der Waals surface area contributed by atoms with E-state index >= 15 is 0 Å². The van der Waals surface area contributed by atoms with Crippen LogP contribution in [0.2, 0.25) is 0 Å². The summed E-state index contributed by atoms with van der Waals surface area (Å²) < 4.78 is 23.2. The molecule has 5 nitrogen and oxygen atoms in total. The van der Waals surface area contributed by atoms with E-state index < -0.39 is 23.0 Å². The molecule has 120 valence electrons. The van der Waals surface area contributed by atoms with Crippen LogP contribution in [-0.2, 0) is 4.74 Å². The van der Waals surface area contributed by atoms with E-state index in [9.17, 15) is 14.0 Å². The zero-order valence-electron chi connectivity index (χ0n) is 13.0. The van der Waals surface area contributed by atoms with Crippen molar-refractivity contribution in [3.63, 3.8) is 0 Å². The number of nitrogens with zero attached hydrogens (tertiary/aromatic N) is 1. The first-order valence-corrected chi connectivity index (χ1v) is 6.91. The summed E-state index contributed by atoms with van der Waals surface area (Å²) >= 11 is 0. The molecule has 1 aromatic heterocycles. The van der Waals surface area contributed by atoms with E-state index in [0.717, 1.165) is 6.20 Å². The second-order valence-corrected chi connectivity index (χ2v) is 5.81. The highest BCUT2D eigenvalue weighted by Crippen LogP contribution is 2.19. The highest BCUT2D eigenvalue weighted by atomic mass is 19.1. The van der Waals surface area contributed by atoms with Crippen molar-refractivity contribution in [2.24, 2.45) is 0 Å². The Labute approximate surface area is 132 Å². The van der Waals surface area contributed by atoms with Gasteiger partial charge in [-0.1, -0.05) is 12.1 Å². The summed E-state index contributed by atoms with van der Waals surface area (Å²) in [6, 6.07) is 6.91. The Morgan fingerprint density at radius 3 is 2.43 bits per heavy atom. The highest BCUT2D eigenvalue weighted by Gasteiger charge is 2.18. The van der Waals surface area contributed by atoms with Crippen LogP contribution in [0.5, 0.6) is 5.75 Å². The van der Waals surface area contributed by atoms with E-state index in [1.165, 1.54) is 36.5 Å². The van der Waals surface area contributed by atoms with Crippen LogP contribution in [-0.4, -0.2) is 16.7 Å². The monoisotopic (exact) mass is 317 g/mol. The van der Waals surface area contributed by atoms with Crippen LogP contribution in [0.25, 0.3) is 11.1 Å². The minimum Gasteiger partial charge on any atom is -0.428 e. The van der Waals surface area contributed by atoms with E-state index in [4.69, 9.17) is 9.47 Å². The van der Waals surface area contributed by atoms with Crippen molar-refractivity contribution in [2.75, 3.05) is 0 Å². The zero-order chi connectivity index (χ0) is 17.0. The molecule has 1 heterocycles. The van der Waals surface area contributed by atoms with Crippen molar-refractivity contribution in [1.82, 2.24) is 4.98 Å². The largest absolute Gasteiger partial charge is 0.514 e. The summed E-state index contributed by atoms with van der Waals surface area (Å²) in [5.74, 6) is -0.656. The Morgan fingerprint density at radius 2 is 1.78 bits per heavy atom. The Bertz CT molecular complexity index is 784. The molecule has 0 spiro atoms. The number of hydrogen-bond donors (Lipinski definition) is 0. The fraction of sp³-hybridized carbons (Fsp3) is 0.235. The minimum atomic E-state index is -0.963. The standard InChI is InChI=1S/C17H16FNO4/c1-17(2,3)23-16(21)22-15-7-5-11(4-6-14(15)20)12-8-13(18)10-19-9-12/h4-10H,1-3H3. The predicted molar refractivity (Wildman–Crippen MR) is 82.8 cm³/mol. The van der Waals surface area contributed by atoms with Gasteiger partial charge in [-0.15, -0.1) is 0 Å². The molecule has 0 fully saturated rings. The first-order valence-electron chi connectivity index (χ1n) is 6.91. The fourth-order valence-corrected chi connectivity index (χ4v) is 1.76. The van der Waals surface area contributed by atoms with Gasteiger partial charge in [-0.25, -0.2) is 9.18 Å². The fourth-order valence-electron chi connectivity index (χ4n) is 1.76. The summed E-state index contributed by atoms with van der Waals surface area (Å²) in [5.41, 5.74) is -0.154. The smallest absolute Gasteiger partial charge is 0.428 e. The third kappa shape index (κ3) is 4.88. The first-order chi connectivity index (χ1) is 10.7. The van der Waals surface area contributed by atoms with Gasteiger partial charge in [0.25, 0.3) is 0 Å². The molecule has 6 heteroatoms. The van der Waals surface area contributed by atoms with Gasteiger partial charge in [0.05, 0.1) is 6.20 Å². The molecule has 23 heavy (non-hydrogen) atoms. The maximum atomic E-state index is 13.2. The van der Waals surface area contributed by atoms with Crippen molar-refractivity contribution in [3.05, 3.63) is 58.8 Å². The zero-order valence-corrected chi connectivity index (χ0v) is 13.0. The van der Waals surface area contributed by atoms with Gasteiger partial charge in [0, 0.05) is 11.8 Å². The molecular formula is C17H16FNO4. The van der Waals surface area contributed by atoms with E-state index in [0.29, 0.717) is 11.1 Å². The first kappa shape index (κ1) is 16.6. The molecule has 2 rings (SSSR count). The lowest BCUT2D eigenvalue weighted by atomic mass is 10.1. The third-order valence-electron chi connectivity index (χ3n) is 2.69. The van der Waals surface area contributed by atoms with Crippen molar-refractivity contribution in [3.8, 4) is 16.9 Å². The maximum absolute atomic E-state index is 13.2. The van der Waals surface area contributed by atoms with E-state index in [1.807, 2.05) is 0 Å². The van der Waals surface area contributed by atoms with Crippen molar-refractivity contribution < 1.29 is 18.7 Å². The third-order valence-corrected chi connectivity index (χ3v) is 2.69. The van der Waals surface area contributed by atoms with Gasteiger partial charge in [-0.05, 0) is 44.5 Å². The van der Waals surface area contributed by atoms with Crippen LogP contribution in [0.4, 0.5) is 9.18 Å². The molecule has 0 amide bonds. The molecule has 1 aromatic carbocycles. The van der Waals surface area contributed by atoms with Gasteiger partial charge in [-0.2, -0.15) is 0 Å². The summed E-state index contributed by atoms with van der Waals surface area (Å²) in [6.07, 6.45) is 1.59. The number of rotatable bonds is 2. The molecule has 0 saturated carbocycles. The highest BCUT2D eigenvalue weighted by molar-refractivity contribution is 5.65. The topological polar surface area (TPSA) is 65.5 Å².